The average Bonchev–Trinajstić information content (AvgIpc) is 3.12. The summed E-state index contributed by atoms with van der Waals surface area (Å²) in [6.45, 7) is 3.04. The fraction of sp³-hybridized carbons (Fsp3) is 0.500. The second-order valence-corrected chi connectivity index (χ2v) is 7.82. The zero-order chi connectivity index (χ0) is 13.7. The minimum absolute atomic E-state index is 0. The van der Waals surface area contributed by atoms with Crippen LogP contribution in [0.1, 0.15) is 0 Å². The molecule has 1 aromatic carbocycles. The van der Waals surface area contributed by atoms with Gasteiger partial charge in [0.05, 0.1) is 11.7 Å². The fourth-order valence-electron chi connectivity index (χ4n) is 3.14. The van der Waals surface area contributed by atoms with Gasteiger partial charge in [0.25, 0.3) is 0 Å². The summed E-state index contributed by atoms with van der Waals surface area (Å²) in [7, 11) is -3.47. The normalized spacial score (nSPS) is 25.9. The maximum atomic E-state index is 12.8. The number of hydrogen-bond acceptors (Lipinski definition) is 6. The van der Waals surface area contributed by atoms with Gasteiger partial charge in [-0.3, -0.25) is 0 Å². The first kappa shape index (κ1) is 15.1. The number of aromatic nitrogens is 2. The van der Waals surface area contributed by atoms with Crippen molar-refractivity contribution in [2.24, 2.45) is 11.8 Å². The van der Waals surface area contributed by atoms with E-state index in [0.717, 1.165) is 24.8 Å². The summed E-state index contributed by atoms with van der Waals surface area (Å²) < 4.78 is 35.5. The molecule has 1 aromatic heterocycles. The molecule has 0 bridgehead atoms. The van der Waals surface area contributed by atoms with Crippen LogP contribution in [-0.2, 0) is 10.0 Å². The van der Waals surface area contributed by atoms with E-state index in [1.165, 1.54) is 0 Å². The van der Waals surface area contributed by atoms with Gasteiger partial charge in [-0.05, 0) is 37.1 Å². The van der Waals surface area contributed by atoms with E-state index < -0.39 is 10.0 Å². The van der Waals surface area contributed by atoms with Crippen LogP contribution in [0.2, 0.25) is 0 Å². The highest BCUT2D eigenvalue weighted by Gasteiger charge is 2.42. The number of nitrogens with zero attached hydrogens (tertiary/aromatic N) is 3. The van der Waals surface area contributed by atoms with Crippen LogP contribution in [0.15, 0.2) is 23.1 Å². The zero-order valence-corrected chi connectivity index (χ0v) is 13.5. The van der Waals surface area contributed by atoms with E-state index >= 15 is 0 Å². The third-order valence-electron chi connectivity index (χ3n) is 4.22. The molecular formula is C12H15ClN4O2S2. The highest BCUT2D eigenvalue weighted by atomic mass is 35.5. The SMILES string of the molecule is Cl.O=S(=O)(c1cccc2nsnc12)N1C[C@H]2CNC[C@H]2C1. The Morgan fingerprint density at radius 3 is 2.62 bits per heavy atom. The van der Waals surface area contributed by atoms with Gasteiger partial charge in [0, 0.05) is 13.1 Å². The lowest BCUT2D eigenvalue weighted by Crippen LogP contribution is -2.32. The molecule has 3 heterocycles. The molecule has 0 aliphatic carbocycles. The molecule has 114 valence electrons. The Morgan fingerprint density at radius 1 is 1.19 bits per heavy atom. The van der Waals surface area contributed by atoms with E-state index in [2.05, 4.69) is 14.1 Å². The number of rotatable bonds is 2. The lowest BCUT2D eigenvalue weighted by atomic mass is 10.0. The van der Waals surface area contributed by atoms with Crippen molar-refractivity contribution in [3.8, 4) is 0 Å². The maximum Gasteiger partial charge on any atom is 0.245 e. The molecule has 2 fully saturated rings. The third kappa shape index (κ3) is 2.35. The van der Waals surface area contributed by atoms with E-state index in [1.807, 2.05) is 0 Å². The van der Waals surface area contributed by atoms with E-state index in [9.17, 15) is 8.42 Å². The minimum atomic E-state index is -3.47. The van der Waals surface area contributed by atoms with Crippen molar-refractivity contribution in [3.05, 3.63) is 18.2 Å². The first-order valence-corrected chi connectivity index (χ1v) is 8.75. The topological polar surface area (TPSA) is 75.2 Å². The second-order valence-electron chi connectivity index (χ2n) is 5.39. The van der Waals surface area contributed by atoms with Crippen LogP contribution >= 0.6 is 24.1 Å². The van der Waals surface area contributed by atoms with Gasteiger partial charge < -0.3 is 5.32 Å². The lowest BCUT2D eigenvalue weighted by Gasteiger charge is -2.17. The molecule has 2 aromatic rings. The number of fused-ring (bicyclic) bond motifs is 2. The molecule has 6 nitrogen and oxygen atoms in total. The van der Waals surface area contributed by atoms with Crippen LogP contribution in [0, 0.1) is 11.8 Å². The summed E-state index contributed by atoms with van der Waals surface area (Å²) in [5.41, 5.74) is 1.14. The summed E-state index contributed by atoms with van der Waals surface area (Å²) in [6.07, 6.45) is 0. The van der Waals surface area contributed by atoms with Crippen molar-refractivity contribution >= 4 is 45.2 Å². The molecule has 0 radical (unpaired) electrons. The Bertz CT molecular complexity index is 751. The van der Waals surface area contributed by atoms with Crippen LogP contribution in [0.25, 0.3) is 11.0 Å². The van der Waals surface area contributed by atoms with Crippen LogP contribution in [0.3, 0.4) is 0 Å². The van der Waals surface area contributed by atoms with Gasteiger partial charge in [0.1, 0.15) is 15.9 Å². The Morgan fingerprint density at radius 2 is 1.90 bits per heavy atom. The van der Waals surface area contributed by atoms with Gasteiger partial charge in [-0.1, -0.05) is 6.07 Å². The molecule has 2 saturated heterocycles. The first-order chi connectivity index (χ1) is 9.66. The Labute approximate surface area is 133 Å². The van der Waals surface area contributed by atoms with E-state index in [1.54, 1.807) is 22.5 Å². The van der Waals surface area contributed by atoms with Gasteiger partial charge in [-0.15, -0.1) is 12.4 Å². The van der Waals surface area contributed by atoms with Gasteiger partial charge >= 0.3 is 0 Å². The van der Waals surface area contributed by atoms with Crippen molar-refractivity contribution in [3.63, 3.8) is 0 Å². The number of halogens is 1. The predicted molar refractivity (Wildman–Crippen MR) is 83.3 cm³/mol. The van der Waals surface area contributed by atoms with Crippen LogP contribution in [0.5, 0.6) is 0 Å². The summed E-state index contributed by atoms with van der Waals surface area (Å²) in [5.74, 6) is 0.884. The quantitative estimate of drug-likeness (QED) is 0.876. The molecule has 2 aliphatic heterocycles. The summed E-state index contributed by atoms with van der Waals surface area (Å²) in [6, 6.07) is 5.15. The maximum absolute atomic E-state index is 12.8. The van der Waals surface area contributed by atoms with Crippen LogP contribution < -0.4 is 5.32 Å². The smallest absolute Gasteiger partial charge is 0.245 e. The standard InChI is InChI=1S/C12H14N4O2S2.ClH/c17-20(18,16-6-8-4-13-5-9(8)7-16)11-3-1-2-10-12(11)15-19-14-10;/h1-3,8-9,13H,4-7H2;1H/t8-,9+;. The summed E-state index contributed by atoms with van der Waals surface area (Å²) in [5, 5.41) is 3.32. The van der Waals surface area contributed by atoms with Crippen LogP contribution in [-0.4, -0.2) is 47.6 Å². The summed E-state index contributed by atoms with van der Waals surface area (Å²) >= 11 is 1.05. The Kier molecular flexibility index (Phi) is 3.91. The highest BCUT2D eigenvalue weighted by Crippen LogP contribution is 2.32. The van der Waals surface area contributed by atoms with E-state index in [-0.39, 0.29) is 17.3 Å². The second kappa shape index (κ2) is 5.44. The molecule has 1 N–H and O–H groups in total. The van der Waals surface area contributed by atoms with Crippen molar-refractivity contribution in [2.75, 3.05) is 26.2 Å². The van der Waals surface area contributed by atoms with Gasteiger partial charge in [-0.2, -0.15) is 13.1 Å². The summed E-state index contributed by atoms with van der Waals surface area (Å²) in [4.78, 5) is 0.289. The minimum Gasteiger partial charge on any atom is -0.316 e. The molecule has 9 heteroatoms. The van der Waals surface area contributed by atoms with E-state index in [4.69, 9.17) is 0 Å². The van der Waals surface area contributed by atoms with Crippen molar-refractivity contribution in [1.82, 2.24) is 18.4 Å². The predicted octanol–water partition coefficient (Wildman–Crippen LogP) is 0.953. The molecule has 0 spiro atoms. The molecule has 0 unspecified atom stereocenters. The molecular weight excluding hydrogens is 332 g/mol. The molecule has 0 saturated carbocycles. The molecule has 2 aliphatic rings. The van der Waals surface area contributed by atoms with E-state index in [0.29, 0.717) is 36.0 Å². The Balaban J connectivity index is 0.00000132. The van der Waals surface area contributed by atoms with Gasteiger partial charge in [-0.25, -0.2) is 8.42 Å². The van der Waals surface area contributed by atoms with Crippen molar-refractivity contribution < 1.29 is 8.42 Å². The van der Waals surface area contributed by atoms with Crippen LogP contribution in [0.4, 0.5) is 0 Å². The number of hydrogen-bond donors (Lipinski definition) is 1. The van der Waals surface area contributed by atoms with Crippen molar-refractivity contribution in [2.45, 2.75) is 4.90 Å². The third-order valence-corrected chi connectivity index (χ3v) is 6.63. The molecule has 0 amide bonds. The zero-order valence-electron chi connectivity index (χ0n) is 11.1. The monoisotopic (exact) mass is 346 g/mol. The molecule has 4 rings (SSSR count). The molecule has 2 atom stereocenters. The van der Waals surface area contributed by atoms with Gasteiger partial charge in [0.2, 0.25) is 10.0 Å². The number of nitrogens with one attached hydrogen (secondary N) is 1. The van der Waals surface area contributed by atoms with Crippen molar-refractivity contribution in [1.29, 1.82) is 0 Å². The Hall–Kier alpha value is -0.800. The molecule has 21 heavy (non-hydrogen) atoms. The lowest BCUT2D eigenvalue weighted by molar-refractivity contribution is 0.448. The largest absolute Gasteiger partial charge is 0.316 e. The fourth-order valence-corrected chi connectivity index (χ4v) is 5.44. The average molecular weight is 347 g/mol. The first-order valence-electron chi connectivity index (χ1n) is 6.58. The number of sulfonamides is 1. The number of benzene rings is 1. The van der Waals surface area contributed by atoms with Gasteiger partial charge in [0.15, 0.2) is 0 Å². The highest BCUT2D eigenvalue weighted by molar-refractivity contribution is 7.89.